The van der Waals surface area contributed by atoms with Crippen LogP contribution in [-0.2, 0) is 6.54 Å². The van der Waals surface area contributed by atoms with Crippen LogP contribution in [0.25, 0.3) is 11.0 Å². The summed E-state index contributed by atoms with van der Waals surface area (Å²) in [7, 11) is 0. The molecule has 0 aliphatic rings. The number of aromatic amines is 1. The molecule has 0 saturated heterocycles. The van der Waals surface area contributed by atoms with Crippen LogP contribution in [0.4, 0.5) is 0 Å². The van der Waals surface area contributed by atoms with E-state index in [0.717, 1.165) is 5.39 Å². The van der Waals surface area contributed by atoms with Crippen molar-refractivity contribution in [1.29, 1.82) is 0 Å². The van der Waals surface area contributed by atoms with Gasteiger partial charge in [0.15, 0.2) is 5.58 Å². The van der Waals surface area contributed by atoms with E-state index in [1.165, 1.54) is 23.1 Å². The molecule has 0 aliphatic heterocycles. The maximum absolute atomic E-state index is 12.1. The number of amides is 1. The van der Waals surface area contributed by atoms with E-state index in [0.29, 0.717) is 0 Å². The Morgan fingerprint density at radius 2 is 2.14 bits per heavy atom. The van der Waals surface area contributed by atoms with Crippen molar-refractivity contribution in [1.82, 2.24) is 14.9 Å². The molecule has 0 bridgehead atoms. The number of carbonyl (C=O) groups is 1. The summed E-state index contributed by atoms with van der Waals surface area (Å²) in [6, 6.07) is 6.50. The van der Waals surface area contributed by atoms with Crippen LogP contribution in [0.15, 0.2) is 56.9 Å². The highest BCUT2D eigenvalue weighted by molar-refractivity contribution is 5.93. The van der Waals surface area contributed by atoms with E-state index in [2.05, 4.69) is 10.3 Å². The predicted octanol–water partition coefficient (Wildman–Crippen LogP) is 0.713. The second-order valence-corrected chi connectivity index (χ2v) is 4.69. The second-order valence-electron chi connectivity index (χ2n) is 4.69. The fourth-order valence-electron chi connectivity index (χ4n) is 2.15. The Morgan fingerprint density at radius 1 is 1.27 bits per heavy atom. The van der Waals surface area contributed by atoms with Crippen molar-refractivity contribution in [3.8, 4) is 0 Å². The highest BCUT2D eigenvalue weighted by Crippen LogP contribution is 2.09. The first-order valence-electron chi connectivity index (χ1n) is 6.69. The van der Waals surface area contributed by atoms with Crippen molar-refractivity contribution in [3.05, 3.63) is 69.2 Å². The molecule has 0 atom stereocenters. The van der Waals surface area contributed by atoms with Crippen LogP contribution in [0.1, 0.15) is 10.4 Å². The summed E-state index contributed by atoms with van der Waals surface area (Å²) in [5.74, 6) is -0.478. The molecule has 112 valence electrons. The predicted molar refractivity (Wildman–Crippen MR) is 79.9 cm³/mol. The van der Waals surface area contributed by atoms with E-state index in [1.807, 2.05) is 0 Å². The van der Waals surface area contributed by atoms with Crippen molar-refractivity contribution in [2.24, 2.45) is 0 Å². The lowest BCUT2D eigenvalue weighted by Crippen LogP contribution is -2.33. The zero-order chi connectivity index (χ0) is 15.5. The molecule has 3 heterocycles. The van der Waals surface area contributed by atoms with E-state index in [-0.39, 0.29) is 29.8 Å². The van der Waals surface area contributed by atoms with E-state index < -0.39 is 11.5 Å². The lowest BCUT2D eigenvalue weighted by molar-refractivity contribution is 0.0950. The molecular weight excluding hydrogens is 286 g/mol. The van der Waals surface area contributed by atoms with E-state index in [9.17, 15) is 14.4 Å². The summed E-state index contributed by atoms with van der Waals surface area (Å²) in [5.41, 5.74) is -0.381. The third-order valence-electron chi connectivity index (χ3n) is 3.29. The standard InChI is InChI=1S/C15H13N3O4/c19-13-11(2-1-5-16-13)14(20)17-6-8-18-7-3-10-4-9-22-12(10)15(18)21/h1-5,7,9H,6,8H2,(H,16,19)(H,17,20). The summed E-state index contributed by atoms with van der Waals surface area (Å²) in [5, 5.41) is 3.35. The quantitative estimate of drug-likeness (QED) is 0.741. The van der Waals surface area contributed by atoms with Crippen LogP contribution >= 0.6 is 0 Å². The summed E-state index contributed by atoms with van der Waals surface area (Å²) in [4.78, 5) is 37.9. The summed E-state index contributed by atoms with van der Waals surface area (Å²) in [6.45, 7) is 0.505. The molecule has 7 nitrogen and oxygen atoms in total. The molecule has 0 aliphatic carbocycles. The van der Waals surface area contributed by atoms with Crippen molar-refractivity contribution in [3.63, 3.8) is 0 Å². The second kappa shape index (κ2) is 5.72. The first-order valence-corrected chi connectivity index (χ1v) is 6.69. The average molecular weight is 299 g/mol. The van der Waals surface area contributed by atoms with Crippen LogP contribution in [0.3, 0.4) is 0 Å². The van der Waals surface area contributed by atoms with Gasteiger partial charge in [-0.15, -0.1) is 0 Å². The average Bonchev–Trinajstić information content (AvgIpc) is 2.99. The fourth-order valence-corrected chi connectivity index (χ4v) is 2.15. The number of H-pyrrole nitrogens is 1. The van der Waals surface area contributed by atoms with Crippen molar-refractivity contribution in [2.45, 2.75) is 6.54 Å². The molecule has 0 unspecified atom stereocenters. The molecule has 3 aromatic rings. The van der Waals surface area contributed by atoms with E-state index in [4.69, 9.17) is 4.42 Å². The minimum Gasteiger partial charge on any atom is -0.459 e. The van der Waals surface area contributed by atoms with Gasteiger partial charge in [-0.1, -0.05) is 0 Å². The third kappa shape index (κ3) is 2.56. The number of hydrogen-bond acceptors (Lipinski definition) is 4. The summed E-state index contributed by atoms with van der Waals surface area (Å²) in [6.07, 6.45) is 4.55. The topological polar surface area (TPSA) is 97.1 Å². The SMILES string of the molecule is O=C(NCCn1ccc2ccoc2c1=O)c1ccc[nH]c1=O. The number of furan rings is 1. The van der Waals surface area contributed by atoms with Gasteiger partial charge in [-0.2, -0.15) is 0 Å². The third-order valence-corrected chi connectivity index (χ3v) is 3.29. The number of aromatic nitrogens is 2. The Morgan fingerprint density at radius 3 is 2.95 bits per heavy atom. The van der Waals surface area contributed by atoms with Crippen molar-refractivity contribution in [2.75, 3.05) is 6.54 Å². The van der Waals surface area contributed by atoms with Crippen molar-refractivity contribution < 1.29 is 9.21 Å². The zero-order valence-electron chi connectivity index (χ0n) is 11.5. The molecule has 3 rings (SSSR count). The first kappa shape index (κ1) is 13.9. The van der Waals surface area contributed by atoms with Crippen LogP contribution < -0.4 is 16.4 Å². The van der Waals surface area contributed by atoms with E-state index in [1.54, 1.807) is 24.4 Å². The number of nitrogens with one attached hydrogen (secondary N) is 2. The highest BCUT2D eigenvalue weighted by atomic mass is 16.3. The smallest absolute Gasteiger partial charge is 0.294 e. The molecule has 0 saturated carbocycles. The molecule has 0 aromatic carbocycles. The number of hydrogen-bond donors (Lipinski definition) is 2. The van der Waals surface area contributed by atoms with Gasteiger partial charge in [-0.3, -0.25) is 14.4 Å². The van der Waals surface area contributed by atoms with Gasteiger partial charge in [0.1, 0.15) is 5.56 Å². The normalized spacial score (nSPS) is 10.7. The lowest BCUT2D eigenvalue weighted by Gasteiger charge is -2.07. The number of carbonyl (C=O) groups excluding carboxylic acids is 1. The Bertz CT molecular complexity index is 935. The van der Waals surface area contributed by atoms with Gasteiger partial charge < -0.3 is 19.3 Å². The number of pyridine rings is 2. The molecule has 22 heavy (non-hydrogen) atoms. The van der Waals surface area contributed by atoms with Gasteiger partial charge in [0, 0.05) is 30.9 Å². The van der Waals surface area contributed by atoms with Gasteiger partial charge in [-0.25, -0.2) is 0 Å². The number of rotatable bonds is 4. The largest absolute Gasteiger partial charge is 0.459 e. The van der Waals surface area contributed by atoms with Gasteiger partial charge in [0.05, 0.1) is 6.26 Å². The molecule has 3 aromatic heterocycles. The Labute approximate surface area is 124 Å². The Hall–Kier alpha value is -3.09. The maximum Gasteiger partial charge on any atom is 0.294 e. The molecule has 0 radical (unpaired) electrons. The Balaban J connectivity index is 1.69. The first-order chi connectivity index (χ1) is 10.7. The maximum atomic E-state index is 12.1. The number of nitrogens with zero attached hydrogens (tertiary/aromatic N) is 1. The molecule has 7 heteroatoms. The molecule has 0 spiro atoms. The zero-order valence-corrected chi connectivity index (χ0v) is 11.5. The van der Waals surface area contributed by atoms with Crippen LogP contribution in [-0.4, -0.2) is 22.0 Å². The summed E-state index contributed by atoms with van der Waals surface area (Å²) >= 11 is 0. The van der Waals surface area contributed by atoms with Crippen molar-refractivity contribution >= 4 is 16.9 Å². The molecule has 1 amide bonds. The van der Waals surface area contributed by atoms with Gasteiger partial charge in [0.2, 0.25) is 0 Å². The van der Waals surface area contributed by atoms with Gasteiger partial charge >= 0.3 is 0 Å². The monoisotopic (exact) mass is 299 g/mol. The lowest BCUT2D eigenvalue weighted by atomic mass is 10.2. The van der Waals surface area contributed by atoms with Gasteiger partial charge in [-0.05, 0) is 24.3 Å². The van der Waals surface area contributed by atoms with E-state index >= 15 is 0 Å². The van der Waals surface area contributed by atoms with Crippen LogP contribution in [0.5, 0.6) is 0 Å². The highest BCUT2D eigenvalue weighted by Gasteiger charge is 2.09. The van der Waals surface area contributed by atoms with Crippen LogP contribution in [0.2, 0.25) is 0 Å². The molecule has 0 fully saturated rings. The molecule has 2 N–H and O–H groups in total. The fraction of sp³-hybridized carbons (Fsp3) is 0.133. The summed E-state index contributed by atoms with van der Waals surface area (Å²) < 4.78 is 6.58. The molecular formula is C15H13N3O4. The minimum absolute atomic E-state index is 0.0383. The minimum atomic E-state index is -0.478. The van der Waals surface area contributed by atoms with Crippen LogP contribution in [0, 0.1) is 0 Å². The number of fused-ring (bicyclic) bond motifs is 1. The van der Waals surface area contributed by atoms with Gasteiger partial charge in [0.25, 0.3) is 17.0 Å². The Kier molecular flexibility index (Phi) is 3.61.